The van der Waals surface area contributed by atoms with E-state index in [-0.39, 0.29) is 11.6 Å². The number of benzene rings is 2. The molecule has 2 aliphatic carbocycles. The highest BCUT2D eigenvalue weighted by Crippen LogP contribution is 2.46. The first-order valence-corrected chi connectivity index (χ1v) is 8.95. The third kappa shape index (κ3) is 2.78. The van der Waals surface area contributed by atoms with Gasteiger partial charge in [-0.3, -0.25) is 9.59 Å². The summed E-state index contributed by atoms with van der Waals surface area (Å²) in [6, 6.07) is 11.4. The van der Waals surface area contributed by atoms with E-state index in [4.69, 9.17) is 23.2 Å². The summed E-state index contributed by atoms with van der Waals surface area (Å²) in [7, 11) is 0. The van der Waals surface area contributed by atoms with Crippen LogP contribution in [0.4, 0.5) is 0 Å². The molecule has 0 radical (unpaired) electrons. The molecule has 2 nitrogen and oxygen atoms in total. The Kier molecular flexibility index (Phi) is 3.98. The molecular weight excluding hydrogens is 343 g/mol. The smallest absolute Gasteiger partial charge is 0.148 e. The standard InChI is InChI=1S/C20H16Cl2O2/c21-13-4-6-15(17(22)10-13)12-3-5-14(11-1-2-11)16(9-12)20-18(23)7-8-19(20)24/h3-6,9-11,20H,1-2,7-8H2. The number of rotatable bonds is 3. The normalized spacial score (nSPS) is 18.4. The fourth-order valence-corrected chi connectivity index (χ4v) is 4.06. The van der Waals surface area contributed by atoms with Crippen molar-refractivity contribution < 1.29 is 9.59 Å². The minimum absolute atomic E-state index is 0.0428. The molecule has 0 spiro atoms. The van der Waals surface area contributed by atoms with Gasteiger partial charge in [-0.15, -0.1) is 0 Å². The molecule has 0 atom stereocenters. The van der Waals surface area contributed by atoms with Crippen molar-refractivity contribution in [1.29, 1.82) is 0 Å². The van der Waals surface area contributed by atoms with Crippen molar-refractivity contribution in [3.05, 3.63) is 57.6 Å². The maximum atomic E-state index is 12.3. The zero-order valence-electron chi connectivity index (χ0n) is 13.0. The van der Waals surface area contributed by atoms with Crippen LogP contribution in [0.5, 0.6) is 0 Å². The zero-order chi connectivity index (χ0) is 16.8. The molecule has 0 N–H and O–H groups in total. The van der Waals surface area contributed by atoms with Gasteiger partial charge in [0.15, 0.2) is 0 Å². The topological polar surface area (TPSA) is 34.1 Å². The molecule has 0 aromatic heterocycles. The van der Waals surface area contributed by atoms with Gasteiger partial charge in [0.2, 0.25) is 0 Å². The fraction of sp³-hybridized carbons (Fsp3) is 0.300. The molecule has 2 saturated carbocycles. The SMILES string of the molecule is O=C1CCC(=O)C1c1cc(-c2ccc(Cl)cc2Cl)ccc1C1CC1. The molecule has 4 heteroatoms. The van der Waals surface area contributed by atoms with Crippen LogP contribution in [-0.2, 0) is 9.59 Å². The lowest BCUT2D eigenvalue weighted by Gasteiger charge is -2.16. The number of hydrogen-bond donors (Lipinski definition) is 0. The van der Waals surface area contributed by atoms with Gasteiger partial charge in [0.05, 0.1) is 0 Å². The van der Waals surface area contributed by atoms with Crippen LogP contribution in [0.3, 0.4) is 0 Å². The van der Waals surface area contributed by atoms with E-state index in [0.29, 0.717) is 28.8 Å². The second-order valence-corrected chi connectivity index (χ2v) is 7.45. The van der Waals surface area contributed by atoms with Crippen LogP contribution >= 0.6 is 23.2 Å². The Morgan fingerprint density at radius 1 is 0.833 bits per heavy atom. The zero-order valence-corrected chi connectivity index (χ0v) is 14.5. The number of ketones is 2. The summed E-state index contributed by atoms with van der Waals surface area (Å²) in [6.07, 6.45) is 2.98. The van der Waals surface area contributed by atoms with Gasteiger partial charge in [-0.1, -0.05) is 41.4 Å². The van der Waals surface area contributed by atoms with Gasteiger partial charge < -0.3 is 0 Å². The highest BCUT2D eigenvalue weighted by atomic mass is 35.5. The number of carbonyl (C=O) groups is 2. The minimum atomic E-state index is -0.591. The van der Waals surface area contributed by atoms with Crippen molar-refractivity contribution >= 4 is 34.8 Å². The first-order valence-electron chi connectivity index (χ1n) is 8.19. The van der Waals surface area contributed by atoms with E-state index in [0.717, 1.165) is 35.1 Å². The van der Waals surface area contributed by atoms with Crippen molar-refractivity contribution in [2.45, 2.75) is 37.5 Å². The van der Waals surface area contributed by atoms with Crippen LogP contribution in [0.25, 0.3) is 11.1 Å². The van der Waals surface area contributed by atoms with E-state index in [1.54, 1.807) is 12.1 Å². The van der Waals surface area contributed by atoms with E-state index >= 15 is 0 Å². The Balaban J connectivity index is 1.84. The van der Waals surface area contributed by atoms with Crippen molar-refractivity contribution in [2.24, 2.45) is 0 Å². The molecule has 0 aliphatic heterocycles. The molecule has 0 saturated heterocycles. The van der Waals surface area contributed by atoms with Gasteiger partial charge in [-0.2, -0.15) is 0 Å². The monoisotopic (exact) mass is 358 g/mol. The second kappa shape index (κ2) is 6.02. The summed E-state index contributed by atoms with van der Waals surface area (Å²) >= 11 is 12.3. The van der Waals surface area contributed by atoms with E-state index in [2.05, 4.69) is 6.07 Å². The van der Waals surface area contributed by atoms with Crippen LogP contribution in [0.2, 0.25) is 10.0 Å². The van der Waals surface area contributed by atoms with E-state index in [1.807, 2.05) is 18.2 Å². The highest BCUT2D eigenvalue weighted by molar-refractivity contribution is 6.36. The molecule has 0 unspecified atom stereocenters. The van der Waals surface area contributed by atoms with Gasteiger partial charge >= 0.3 is 0 Å². The lowest BCUT2D eigenvalue weighted by Crippen LogP contribution is -2.14. The van der Waals surface area contributed by atoms with Crippen LogP contribution in [-0.4, -0.2) is 11.6 Å². The summed E-state index contributed by atoms with van der Waals surface area (Å²) < 4.78 is 0. The molecule has 0 amide bonds. The third-order valence-corrected chi connectivity index (χ3v) is 5.47. The molecule has 2 fully saturated rings. The molecule has 0 bridgehead atoms. The van der Waals surface area contributed by atoms with Gasteiger partial charge in [-0.05, 0) is 53.6 Å². The molecule has 2 aromatic carbocycles. The average Bonchev–Trinajstić information content (AvgIpc) is 3.33. The lowest BCUT2D eigenvalue weighted by atomic mass is 9.87. The van der Waals surface area contributed by atoms with Crippen LogP contribution in [0.1, 0.15) is 48.6 Å². The molecule has 2 aromatic rings. The maximum absolute atomic E-state index is 12.3. The Morgan fingerprint density at radius 3 is 2.17 bits per heavy atom. The molecule has 4 rings (SSSR count). The van der Waals surface area contributed by atoms with Crippen molar-refractivity contribution in [3.63, 3.8) is 0 Å². The van der Waals surface area contributed by atoms with Gasteiger partial charge in [0, 0.05) is 28.5 Å². The molecule has 122 valence electrons. The maximum Gasteiger partial charge on any atom is 0.148 e. The van der Waals surface area contributed by atoms with E-state index in [1.165, 1.54) is 0 Å². The van der Waals surface area contributed by atoms with Crippen molar-refractivity contribution in [3.8, 4) is 11.1 Å². The van der Waals surface area contributed by atoms with Gasteiger partial charge in [-0.25, -0.2) is 0 Å². The lowest BCUT2D eigenvalue weighted by molar-refractivity contribution is -0.123. The molecule has 0 heterocycles. The first kappa shape index (κ1) is 15.9. The average molecular weight is 359 g/mol. The summed E-state index contributed by atoms with van der Waals surface area (Å²) in [5.41, 5.74) is 3.82. The predicted octanol–water partition coefficient (Wildman–Crippen LogP) is 5.55. The Labute approximate surface area is 150 Å². The molecule has 2 aliphatic rings. The van der Waals surface area contributed by atoms with E-state index < -0.39 is 5.92 Å². The van der Waals surface area contributed by atoms with Crippen LogP contribution in [0, 0.1) is 0 Å². The van der Waals surface area contributed by atoms with Crippen LogP contribution in [0.15, 0.2) is 36.4 Å². The minimum Gasteiger partial charge on any atom is -0.299 e. The first-order chi connectivity index (χ1) is 11.5. The van der Waals surface area contributed by atoms with Gasteiger partial charge in [0.1, 0.15) is 17.5 Å². The highest BCUT2D eigenvalue weighted by Gasteiger charge is 2.38. The molecule has 24 heavy (non-hydrogen) atoms. The number of halogens is 2. The van der Waals surface area contributed by atoms with Crippen molar-refractivity contribution in [1.82, 2.24) is 0 Å². The Hall–Kier alpha value is -1.64. The largest absolute Gasteiger partial charge is 0.299 e. The quantitative estimate of drug-likeness (QED) is 0.673. The summed E-state index contributed by atoms with van der Waals surface area (Å²) in [5, 5.41) is 1.15. The third-order valence-electron chi connectivity index (χ3n) is 4.92. The molecular formula is C20H16Cl2O2. The Bertz CT molecular complexity index is 837. The number of carbonyl (C=O) groups excluding carboxylic acids is 2. The summed E-state index contributed by atoms with van der Waals surface area (Å²) in [4.78, 5) is 24.6. The van der Waals surface area contributed by atoms with E-state index in [9.17, 15) is 9.59 Å². The fourth-order valence-electron chi connectivity index (χ4n) is 3.54. The summed E-state index contributed by atoms with van der Waals surface area (Å²) in [5.74, 6) is -0.0231. The summed E-state index contributed by atoms with van der Waals surface area (Å²) in [6.45, 7) is 0. The van der Waals surface area contributed by atoms with Gasteiger partial charge in [0.25, 0.3) is 0 Å². The Morgan fingerprint density at radius 2 is 1.54 bits per heavy atom. The van der Waals surface area contributed by atoms with Crippen molar-refractivity contribution in [2.75, 3.05) is 0 Å². The predicted molar refractivity (Wildman–Crippen MR) is 95.9 cm³/mol. The second-order valence-electron chi connectivity index (χ2n) is 6.61. The number of Topliss-reactive ketones (excluding diaryl/α,β-unsaturated/α-hetero) is 2. The van der Waals surface area contributed by atoms with Crippen LogP contribution < -0.4 is 0 Å². The number of hydrogen-bond acceptors (Lipinski definition) is 2.